The maximum Gasteiger partial charge on any atom is 0.190 e. The van der Waals surface area contributed by atoms with E-state index in [1.54, 1.807) is 0 Å². The first kappa shape index (κ1) is 20.0. The monoisotopic (exact) mass is 372 g/mol. The van der Waals surface area contributed by atoms with Gasteiger partial charge in [0.05, 0.1) is 6.61 Å². The van der Waals surface area contributed by atoms with Crippen molar-refractivity contribution in [2.24, 2.45) is 10.9 Å². The summed E-state index contributed by atoms with van der Waals surface area (Å²) in [6.07, 6.45) is 7.26. The van der Waals surface area contributed by atoms with Gasteiger partial charge >= 0.3 is 0 Å². The molecule has 5 heteroatoms. The fourth-order valence-electron chi connectivity index (χ4n) is 4.10. The number of hydrogen-bond donors (Lipinski definition) is 2. The lowest BCUT2D eigenvalue weighted by molar-refractivity contribution is 0.181. The summed E-state index contributed by atoms with van der Waals surface area (Å²) in [4.78, 5) is 6.97. The van der Waals surface area contributed by atoms with Crippen molar-refractivity contribution in [3.63, 3.8) is 0 Å². The molecular weight excluding hydrogens is 336 g/mol. The molecule has 1 aromatic carbocycles. The molecule has 1 atom stereocenters. The number of benzene rings is 1. The quantitative estimate of drug-likeness (QED) is 0.419. The number of rotatable bonds is 8. The van der Waals surface area contributed by atoms with Gasteiger partial charge in [-0.2, -0.15) is 0 Å². The predicted octanol–water partition coefficient (Wildman–Crippen LogP) is 2.84. The van der Waals surface area contributed by atoms with Crippen molar-refractivity contribution in [3.05, 3.63) is 29.3 Å². The van der Waals surface area contributed by atoms with Crippen molar-refractivity contribution in [2.75, 3.05) is 46.4 Å². The third-order valence-electron chi connectivity index (χ3n) is 5.62. The van der Waals surface area contributed by atoms with Crippen LogP contribution in [-0.4, -0.2) is 57.2 Å². The van der Waals surface area contributed by atoms with E-state index in [9.17, 15) is 0 Å². The smallest absolute Gasteiger partial charge is 0.190 e. The van der Waals surface area contributed by atoms with Crippen LogP contribution in [0.15, 0.2) is 23.2 Å². The van der Waals surface area contributed by atoms with Crippen LogP contribution in [0.1, 0.15) is 43.7 Å². The van der Waals surface area contributed by atoms with Crippen LogP contribution in [0.4, 0.5) is 0 Å². The Hall–Kier alpha value is -1.75. The molecule has 3 rings (SSSR count). The second-order valence-corrected chi connectivity index (χ2v) is 7.97. The number of hydrogen-bond acceptors (Lipinski definition) is 3. The Balaban J connectivity index is 1.27. The third kappa shape index (κ3) is 6.42. The molecule has 150 valence electrons. The van der Waals surface area contributed by atoms with Crippen LogP contribution in [-0.2, 0) is 12.8 Å². The van der Waals surface area contributed by atoms with Gasteiger partial charge < -0.3 is 20.3 Å². The van der Waals surface area contributed by atoms with Crippen molar-refractivity contribution in [1.29, 1.82) is 0 Å². The number of nitrogens with one attached hydrogen (secondary N) is 2. The molecule has 0 bridgehead atoms. The third-order valence-corrected chi connectivity index (χ3v) is 5.62. The number of fused-ring (bicyclic) bond motifs is 1. The van der Waals surface area contributed by atoms with E-state index in [1.165, 1.54) is 56.4 Å². The maximum atomic E-state index is 5.57. The standard InChI is InChI=1S/C22H36N4O/c1-18-6-5-14-26(17-18)13-4-3-11-24-22(23-2)25-12-9-19-7-8-21-20(16-19)10-15-27-21/h7-8,16,18H,3-6,9-15,17H2,1-2H3,(H2,23,24,25). The minimum atomic E-state index is 0.824. The summed E-state index contributed by atoms with van der Waals surface area (Å²) < 4.78 is 5.57. The molecular formula is C22H36N4O. The first-order valence-corrected chi connectivity index (χ1v) is 10.7. The van der Waals surface area contributed by atoms with Gasteiger partial charge in [0.2, 0.25) is 0 Å². The molecule has 0 spiro atoms. The molecule has 0 amide bonds. The Bertz CT molecular complexity index is 616. The van der Waals surface area contributed by atoms with Crippen molar-refractivity contribution < 1.29 is 4.74 Å². The number of aliphatic imine (C=N–C) groups is 1. The second kappa shape index (κ2) is 10.5. The lowest BCUT2D eigenvalue weighted by Gasteiger charge is -2.30. The Morgan fingerprint density at radius 1 is 1.26 bits per heavy atom. The van der Waals surface area contributed by atoms with Crippen LogP contribution >= 0.6 is 0 Å². The molecule has 2 aliphatic rings. The maximum absolute atomic E-state index is 5.57. The fourth-order valence-corrected chi connectivity index (χ4v) is 4.10. The summed E-state index contributed by atoms with van der Waals surface area (Å²) >= 11 is 0. The lowest BCUT2D eigenvalue weighted by atomic mass is 10.0. The Morgan fingerprint density at radius 2 is 2.15 bits per heavy atom. The van der Waals surface area contributed by atoms with Gasteiger partial charge in [-0.1, -0.05) is 19.1 Å². The molecule has 2 N–H and O–H groups in total. The van der Waals surface area contributed by atoms with Gasteiger partial charge in [0, 0.05) is 33.1 Å². The highest BCUT2D eigenvalue weighted by Gasteiger charge is 2.15. The average Bonchev–Trinajstić information content (AvgIpc) is 3.14. The molecule has 1 saturated heterocycles. The highest BCUT2D eigenvalue weighted by molar-refractivity contribution is 5.79. The zero-order valence-electron chi connectivity index (χ0n) is 17.1. The molecule has 5 nitrogen and oxygen atoms in total. The number of piperidine rings is 1. The topological polar surface area (TPSA) is 48.9 Å². The van der Waals surface area contributed by atoms with E-state index in [-0.39, 0.29) is 0 Å². The van der Waals surface area contributed by atoms with E-state index >= 15 is 0 Å². The van der Waals surface area contributed by atoms with Gasteiger partial charge in [0.1, 0.15) is 5.75 Å². The van der Waals surface area contributed by atoms with Crippen molar-refractivity contribution in [1.82, 2.24) is 15.5 Å². The Labute approximate surface area is 164 Å². The Morgan fingerprint density at radius 3 is 3.00 bits per heavy atom. The van der Waals surface area contributed by atoms with E-state index in [2.05, 4.69) is 45.6 Å². The number of ether oxygens (including phenoxy) is 1. The van der Waals surface area contributed by atoms with Gasteiger partial charge in [0.15, 0.2) is 5.96 Å². The van der Waals surface area contributed by atoms with E-state index in [0.717, 1.165) is 50.2 Å². The molecule has 0 saturated carbocycles. The molecule has 1 aromatic rings. The molecule has 0 aliphatic carbocycles. The van der Waals surface area contributed by atoms with Crippen LogP contribution in [0.5, 0.6) is 5.75 Å². The van der Waals surface area contributed by atoms with Gasteiger partial charge in [-0.05, 0) is 68.3 Å². The van der Waals surface area contributed by atoms with E-state index in [1.807, 2.05) is 7.05 Å². The average molecular weight is 373 g/mol. The molecule has 2 aliphatic heterocycles. The van der Waals surface area contributed by atoms with Gasteiger partial charge in [-0.25, -0.2) is 0 Å². The fraction of sp³-hybridized carbons (Fsp3) is 0.682. The minimum absolute atomic E-state index is 0.824. The second-order valence-electron chi connectivity index (χ2n) is 7.97. The highest BCUT2D eigenvalue weighted by Crippen LogP contribution is 2.25. The highest BCUT2D eigenvalue weighted by atomic mass is 16.5. The molecule has 2 heterocycles. The lowest BCUT2D eigenvalue weighted by Crippen LogP contribution is -2.39. The Kier molecular flexibility index (Phi) is 7.81. The molecule has 0 radical (unpaired) electrons. The molecule has 0 aromatic heterocycles. The van der Waals surface area contributed by atoms with Crippen LogP contribution in [0.3, 0.4) is 0 Å². The predicted molar refractivity (Wildman–Crippen MR) is 113 cm³/mol. The van der Waals surface area contributed by atoms with Crippen molar-refractivity contribution in [3.8, 4) is 5.75 Å². The molecule has 1 fully saturated rings. The summed E-state index contributed by atoms with van der Waals surface area (Å²) in [6.45, 7) is 8.88. The number of nitrogens with zero attached hydrogens (tertiary/aromatic N) is 2. The summed E-state index contributed by atoms with van der Waals surface area (Å²) in [6, 6.07) is 6.55. The van der Waals surface area contributed by atoms with Gasteiger partial charge in [0.25, 0.3) is 0 Å². The normalized spacial score (nSPS) is 20.2. The largest absolute Gasteiger partial charge is 0.493 e. The number of likely N-dealkylation sites (tertiary alicyclic amines) is 1. The van der Waals surface area contributed by atoms with Crippen LogP contribution in [0, 0.1) is 5.92 Å². The van der Waals surface area contributed by atoms with E-state index in [4.69, 9.17) is 4.74 Å². The van der Waals surface area contributed by atoms with Crippen LogP contribution in [0.25, 0.3) is 0 Å². The summed E-state index contributed by atoms with van der Waals surface area (Å²) in [5, 5.41) is 6.87. The zero-order valence-corrected chi connectivity index (χ0v) is 17.1. The summed E-state index contributed by atoms with van der Waals surface area (Å²) in [5.41, 5.74) is 2.70. The van der Waals surface area contributed by atoms with Gasteiger partial charge in [-0.3, -0.25) is 4.99 Å². The van der Waals surface area contributed by atoms with Crippen LogP contribution < -0.4 is 15.4 Å². The SMILES string of the molecule is CN=C(NCCCCN1CCCC(C)C1)NCCc1ccc2c(c1)CCO2. The van der Waals surface area contributed by atoms with E-state index in [0.29, 0.717) is 0 Å². The number of unbranched alkanes of at least 4 members (excludes halogenated alkanes) is 1. The van der Waals surface area contributed by atoms with Crippen molar-refractivity contribution in [2.45, 2.75) is 45.4 Å². The molecule has 1 unspecified atom stereocenters. The number of guanidine groups is 1. The van der Waals surface area contributed by atoms with Crippen LogP contribution in [0.2, 0.25) is 0 Å². The van der Waals surface area contributed by atoms with E-state index < -0.39 is 0 Å². The first-order valence-electron chi connectivity index (χ1n) is 10.7. The first-order chi connectivity index (χ1) is 13.2. The van der Waals surface area contributed by atoms with Gasteiger partial charge in [-0.15, -0.1) is 0 Å². The summed E-state index contributed by atoms with van der Waals surface area (Å²) in [7, 11) is 1.84. The van der Waals surface area contributed by atoms with Crippen molar-refractivity contribution >= 4 is 5.96 Å². The zero-order chi connectivity index (χ0) is 18.9. The molecule has 27 heavy (non-hydrogen) atoms. The minimum Gasteiger partial charge on any atom is -0.493 e. The summed E-state index contributed by atoms with van der Waals surface area (Å²) in [5.74, 6) is 2.84.